The molecule has 5 heteroatoms. The van der Waals surface area contributed by atoms with E-state index in [2.05, 4.69) is 0 Å². The minimum Gasteiger partial charge on any atom is -0.447 e. The number of primary amides is 1. The molecule has 2 N–H and O–H groups in total. The molecule has 1 amide bonds. The molecule has 1 heterocycles. The number of ether oxygens (including phenoxy) is 2. The quantitative estimate of drug-likeness (QED) is 0.761. The summed E-state index contributed by atoms with van der Waals surface area (Å²) in [4.78, 5) is 10.4. The van der Waals surface area contributed by atoms with Crippen molar-refractivity contribution in [2.24, 2.45) is 5.73 Å². The number of carbonyl (C=O) groups is 1. The van der Waals surface area contributed by atoms with Crippen molar-refractivity contribution in [2.75, 3.05) is 12.4 Å². The summed E-state index contributed by atoms with van der Waals surface area (Å²) in [6.45, 7) is 0.296. The molecule has 1 aliphatic carbocycles. The van der Waals surface area contributed by atoms with Gasteiger partial charge in [-0.05, 0) is 25.7 Å². The van der Waals surface area contributed by atoms with Gasteiger partial charge >= 0.3 is 6.09 Å². The van der Waals surface area contributed by atoms with Crippen LogP contribution < -0.4 is 5.73 Å². The van der Waals surface area contributed by atoms with Gasteiger partial charge in [-0.2, -0.15) is 0 Å². The first-order valence-corrected chi connectivity index (χ1v) is 5.93. The Bertz CT molecular complexity index is 228. The Kier molecular flexibility index (Phi) is 2.88. The van der Waals surface area contributed by atoms with E-state index in [4.69, 9.17) is 15.2 Å². The molecular weight excluding hydrogens is 202 g/mol. The summed E-state index contributed by atoms with van der Waals surface area (Å²) in [5.41, 5.74) is 4.89. The third-order valence-corrected chi connectivity index (χ3v) is 4.26. The highest BCUT2D eigenvalue weighted by molar-refractivity contribution is 8.00. The van der Waals surface area contributed by atoms with Gasteiger partial charge < -0.3 is 15.2 Å². The standard InChI is InChI=1S/C9H15NO3S/c10-8(11)12-5-7-6-14-9(13-7)3-1-2-4-9/h7H,1-6H2,(H2,10,11)/t7-/m1/s1. The predicted octanol–water partition coefficient (Wildman–Crippen LogP) is 1.48. The summed E-state index contributed by atoms with van der Waals surface area (Å²) >= 11 is 1.86. The molecule has 2 rings (SSSR count). The molecule has 0 radical (unpaired) electrons. The Balaban J connectivity index is 1.79. The number of amides is 1. The maximum Gasteiger partial charge on any atom is 0.404 e. The molecule has 1 atom stereocenters. The minimum absolute atomic E-state index is 0.0330. The molecule has 0 aromatic rings. The zero-order valence-corrected chi connectivity index (χ0v) is 8.85. The van der Waals surface area contributed by atoms with Crippen molar-refractivity contribution in [1.82, 2.24) is 0 Å². The molecule has 1 saturated heterocycles. The Morgan fingerprint density at radius 1 is 1.57 bits per heavy atom. The van der Waals surface area contributed by atoms with Crippen LogP contribution in [-0.4, -0.2) is 29.5 Å². The first kappa shape index (κ1) is 10.1. The second kappa shape index (κ2) is 3.98. The van der Waals surface area contributed by atoms with E-state index in [9.17, 15) is 4.79 Å². The SMILES string of the molecule is NC(=O)OC[C@@H]1CSC2(CCCC2)O1. The second-order valence-corrected chi connectivity index (χ2v) is 5.16. The normalized spacial score (nSPS) is 29.6. The number of hydrogen-bond donors (Lipinski definition) is 1. The summed E-state index contributed by atoms with van der Waals surface area (Å²) in [5, 5.41) is 0. The summed E-state index contributed by atoms with van der Waals surface area (Å²) in [5.74, 6) is 0.910. The highest BCUT2D eigenvalue weighted by Gasteiger charge is 2.43. The topological polar surface area (TPSA) is 61.6 Å². The smallest absolute Gasteiger partial charge is 0.404 e. The largest absolute Gasteiger partial charge is 0.447 e. The minimum atomic E-state index is -0.717. The summed E-state index contributed by atoms with van der Waals surface area (Å²) in [7, 11) is 0. The molecule has 80 valence electrons. The first-order chi connectivity index (χ1) is 6.70. The van der Waals surface area contributed by atoms with E-state index >= 15 is 0 Å². The van der Waals surface area contributed by atoms with Crippen molar-refractivity contribution in [1.29, 1.82) is 0 Å². The Morgan fingerprint density at radius 3 is 2.93 bits per heavy atom. The fourth-order valence-corrected chi connectivity index (χ4v) is 3.49. The molecule has 14 heavy (non-hydrogen) atoms. The third-order valence-electron chi connectivity index (χ3n) is 2.69. The highest BCUT2D eigenvalue weighted by atomic mass is 32.2. The molecule has 2 fully saturated rings. The third kappa shape index (κ3) is 2.15. The van der Waals surface area contributed by atoms with Crippen molar-refractivity contribution in [3.8, 4) is 0 Å². The van der Waals surface area contributed by atoms with Gasteiger partial charge in [-0.3, -0.25) is 0 Å². The van der Waals surface area contributed by atoms with Gasteiger partial charge in [0.25, 0.3) is 0 Å². The number of nitrogens with two attached hydrogens (primary N) is 1. The van der Waals surface area contributed by atoms with Gasteiger partial charge in [0.1, 0.15) is 17.6 Å². The van der Waals surface area contributed by atoms with Gasteiger partial charge in [0.05, 0.1) is 0 Å². The molecule has 4 nitrogen and oxygen atoms in total. The first-order valence-electron chi connectivity index (χ1n) is 4.94. The van der Waals surface area contributed by atoms with Gasteiger partial charge in [0.15, 0.2) is 0 Å². The second-order valence-electron chi connectivity index (χ2n) is 3.80. The average molecular weight is 217 g/mol. The van der Waals surface area contributed by atoms with E-state index in [1.54, 1.807) is 0 Å². The lowest BCUT2D eigenvalue weighted by molar-refractivity contribution is -0.0304. The maximum absolute atomic E-state index is 10.4. The Hall–Kier alpha value is -0.420. The molecule has 1 spiro atoms. The van der Waals surface area contributed by atoms with Gasteiger partial charge in [-0.15, -0.1) is 11.8 Å². The molecule has 0 aromatic heterocycles. The van der Waals surface area contributed by atoms with Crippen molar-refractivity contribution in [3.63, 3.8) is 0 Å². The lowest BCUT2D eigenvalue weighted by Crippen LogP contribution is -2.27. The number of rotatable bonds is 2. The molecule has 1 aliphatic heterocycles. The van der Waals surface area contributed by atoms with Gasteiger partial charge in [0, 0.05) is 5.75 Å². The van der Waals surface area contributed by atoms with Crippen molar-refractivity contribution >= 4 is 17.9 Å². The summed E-state index contributed by atoms with van der Waals surface area (Å²) in [6, 6.07) is 0. The van der Waals surface area contributed by atoms with E-state index in [-0.39, 0.29) is 11.0 Å². The van der Waals surface area contributed by atoms with Crippen molar-refractivity contribution < 1.29 is 14.3 Å². The zero-order valence-electron chi connectivity index (χ0n) is 8.03. The van der Waals surface area contributed by atoms with E-state index in [1.807, 2.05) is 11.8 Å². The van der Waals surface area contributed by atoms with Crippen molar-refractivity contribution in [2.45, 2.75) is 36.7 Å². The fourth-order valence-electron chi connectivity index (χ4n) is 2.05. The Morgan fingerprint density at radius 2 is 2.29 bits per heavy atom. The lowest BCUT2D eigenvalue weighted by Gasteiger charge is -2.22. The van der Waals surface area contributed by atoms with Crippen LogP contribution >= 0.6 is 11.8 Å². The van der Waals surface area contributed by atoms with Crippen LogP contribution in [0.5, 0.6) is 0 Å². The van der Waals surface area contributed by atoms with Crippen LogP contribution in [0.4, 0.5) is 4.79 Å². The average Bonchev–Trinajstić information content (AvgIpc) is 2.74. The van der Waals surface area contributed by atoms with E-state index < -0.39 is 6.09 Å². The lowest BCUT2D eigenvalue weighted by atomic mass is 10.3. The number of hydrogen-bond acceptors (Lipinski definition) is 4. The molecule has 0 bridgehead atoms. The van der Waals surface area contributed by atoms with Crippen LogP contribution in [0.1, 0.15) is 25.7 Å². The van der Waals surface area contributed by atoms with Gasteiger partial charge in [-0.1, -0.05) is 0 Å². The molecule has 0 aromatic carbocycles. The summed E-state index contributed by atoms with van der Waals surface area (Å²) < 4.78 is 10.6. The number of thioether (sulfide) groups is 1. The van der Waals surface area contributed by atoms with Crippen LogP contribution in [0.25, 0.3) is 0 Å². The van der Waals surface area contributed by atoms with Crippen LogP contribution in [0.15, 0.2) is 0 Å². The molecular formula is C9H15NO3S. The molecule has 1 saturated carbocycles. The number of carbonyl (C=O) groups excluding carboxylic acids is 1. The van der Waals surface area contributed by atoms with Crippen molar-refractivity contribution in [3.05, 3.63) is 0 Å². The van der Waals surface area contributed by atoms with E-state index in [0.29, 0.717) is 6.61 Å². The highest BCUT2D eigenvalue weighted by Crippen LogP contribution is 2.48. The van der Waals surface area contributed by atoms with Crippen LogP contribution in [0.2, 0.25) is 0 Å². The van der Waals surface area contributed by atoms with Crippen LogP contribution in [0, 0.1) is 0 Å². The summed E-state index contributed by atoms with van der Waals surface area (Å²) in [6.07, 6.45) is 4.07. The van der Waals surface area contributed by atoms with Crippen LogP contribution in [0.3, 0.4) is 0 Å². The monoisotopic (exact) mass is 217 g/mol. The molecule has 0 unspecified atom stereocenters. The van der Waals surface area contributed by atoms with Gasteiger partial charge in [-0.25, -0.2) is 4.79 Å². The van der Waals surface area contributed by atoms with Gasteiger partial charge in [0.2, 0.25) is 0 Å². The maximum atomic E-state index is 10.4. The Labute approximate surface area is 87.5 Å². The fraction of sp³-hybridized carbons (Fsp3) is 0.889. The van der Waals surface area contributed by atoms with E-state index in [0.717, 1.165) is 18.6 Å². The molecule has 2 aliphatic rings. The zero-order chi connectivity index (χ0) is 10.0. The van der Waals surface area contributed by atoms with Crippen LogP contribution in [-0.2, 0) is 9.47 Å². The van der Waals surface area contributed by atoms with E-state index in [1.165, 1.54) is 12.8 Å². The predicted molar refractivity (Wildman–Crippen MR) is 54.1 cm³/mol.